The Hall–Kier alpha value is -0.0800. The van der Waals surface area contributed by atoms with Crippen molar-refractivity contribution in [2.24, 2.45) is 11.3 Å². The van der Waals surface area contributed by atoms with Gasteiger partial charge in [0.05, 0.1) is 6.10 Å². The average molecular weight is 210 g/mol. The minimum absolute atomic E-state index is 0.111. The fraction of sp³-hybridized carbons (Fsp3) is 1.00. The molecule has 0 radical (unpaired) electrons. The standard InChI is InChI=1S/C13H22O2/c1-13-6-5-10(9-13)8-11(13)15-12-4-2-3-7-14-12/h10-12H,2-9H2,1H3. The molecule has 2 bridgehead atoms. The van der Waals surface area contributed by atoms with Gasteiger partial charge in [-0.1, -0.05) is 6.92 Å². The van der Waals surface area contributed by atoms with Gasteiger partial charge in [-0.15, -0.1) is 0 Å². The van der Waals surface area contributed by atoms with Crippen LogP contribution in [0.4, 0.5) is 0 Å². The molecule has 4 atom stereocenters. The lowest BCUT2D eigenvalue weighted by molar-refractivity contribution is -0.207. The van der Waals surface area contributed by atoms with E-state index < -0.39 is 0 Å². The Balaban J connectivity index is 1.59. The topological polar surface area (TPSA) is 18.5 Å². The molecule has 1 aliphatic heterocycles. The van der Waals surface area contributed by atoms with E-state index in [1.165, 1.54) is 38.5 Å². The summed E-state index contributed by atoms with van der Waals surface area (Å²) in [6, 6.07) is 0. The second kappa shape index (κ2) is 3.74. The molecule has 2 nitrogen and oxygen atoms in total. The van der Waals surface area contributed by atoms with Gasteiger partial charge in [0, 0.05) is 6.61 Å². The maximum absolute atomic E-state index is 6.17. The summed E-state index contributed by atoms with van der Waals surface area (Å²) < 4.78 is 11.8. The van der Waals surface area contributed by atoms with E-state index in [9.17, 15) is 0 Å². The summed E-state index contributed by atoms with van der Waals surface area (Å²) >= 11 is 0. The van der Waals surface area contributed by atoms with Gasteiger partial charge >= 0.3 is 0 Å². The Bertz CT molecular complexity index is 235. The van der Waals surface area contributed by atoms with Crippen molar-refractivity contribution < 1.29 is 9.47 Å². The molecule has 4 unspecified atom stereocenters. The van der Waals surface area contributed by atoms with Crippen molar-refractivity contribution in [3.8, 4) is 0 Å². The van der Waals surface area contributed by atoms with Gasteiger partial charge in [0.15, 0.2) is 6.29 Å². The molecule has 2 aliphatic carbocycles. The molecule has 0 amide bonds. The van der Waals surface area contributed by atoms with Crippen molar-refractivity contribution in [1.82, 2.24) is 0 Å². The minimum atomic E-state index is 0.111. The van der Waals surface area contributed by atoms with Crippen LogP contribution in [0.2, 0.25) is 0 Å². The van der Waals surface area contributed by atoms with Crippen molar-refractivity contribution in [2.75, 3.05) is 6.61 Å². The van der Waals surface area contributed by atoms with Crippen LogP contribution in [0.25, 0.3) is 0 Å². The third-order valence-corrected chi connectivity index (χ3v) is 4.66. The molecule has 2 saturated carbocycles. The van der Waals surface area contributed by atoms with Crippen molar-refractivity contribution in [3.63, 3.8) is 0 Å². The number of hydrogen-bond donors (Lipinski definition) is 0. The predicted octanol–water partition coefficient (Wildman–Crippen LogP) is 3.11. The van der Waals surface area contributed by atoms with Crippen LogP contribution >= 0.6 is 0 Å². The van der Waals surface area contributed by atoms with Gasteiger partial charge in [0.2, 0.25) is 0 Å². The molecule has 1 saturated heterocycles. The lowest BCUT2D eigenvalue weighted by atomic mass is 9.84. The lowest BCUT2D eigenvalue weighted by Crippen LogP contribution is -2.35. The van der Waals surface area contributed by atoms with E-state index in [2.05, 4.69) is 6.92 Å². The summed E-state index contributed by atoms with van der Waals surface area (Å²) in [5.41, 5.74) is 0.478. The molecule has 3 aliphatic rings. The summed E-state index contributed by atoms with van der Waals surface area (Å²) in [6.45, 7) is 3.31. The quantitative estimate of drug-likeness (QED) is 0.697. The van der Waals surface area contributed by atoms with Crippen molar-refractivity contribution >= 4 is 0 Å². The first-order chi connectivity index (χ1) is 7.26. The van der Waals surface area contributed by atoms with Gasteiger partial charge in [0.25, 0.3) is 0 Å². The smallest absolute Gasteiger partial charge is 0.157 e. The molecule has 0 aromatic rings. The van der Waals surface area contributed by atoms with E-state index in [1.807, 2.05) is 0 Å². The predicted molar refractivity (Wildman–Crippen MR) is 58.5 cm³/mol. The van der Waals surface area contributed by atoms with Crippen molar-refractivity contribution in [2.45, 2.75) is 64.3 Å². The highest BCUT2D eigenvalue weighted by Crippen LogP contribution is 2.55. The zero-order chi connectivity index (χ0) is 10.3. The fourth-order valence-corrected chi connectivity index (χ4v) is 3.70. The molecule has 3 rings (SSSR count). The molecule has 15 heavy (non-hydrogen) atoms. The Morgan fingerprint density at radius 1 is 1.27 bits per heavy atom. The maximum Gasteiger partial charge on any atom is 0.157 e. The SMILES string of the molecule is CC12CCC(CC1OC1CCCCO1)C2. The van der Waals surface area contributed by atoms with Crippen LogP contribution in [0.1, 0.15) is 51.9 Å². The van der Waals surface area contributed by atoms with E-state index in [0.29, 0.717) is 11.5 Å². The van der Waals surface area contributed by atoms with Gasteiger partial charge in [-0.3, -0.25) is 0 Å². The molecule has 0 aromatic carbocycles. The van der Waals surface area contributed by atoms with Crippen molar-refractivity contribution in [1.29, 1.82) is 0 Å². The maximum atomic E-state index is 6.17. The molecule has 2 heteroatoms. The second-order valence-electron chi connectivity index (χ2n) is 5.92. The van der Waals surface area contributed by atoms with Gasteiger partial charge in [-0.25, -0.2) is 0 Å². The fourth-order valence-electron chi connectivity index (χ4n) is 3.70. The van der Waals surface area contributed by atoms with Crippen LogP contribution in [0.3, 0.4) is 0 Å². The molecule has 86 valence electrons. The van der Waals surface area contributed by atoms with Crippen molar-refractivity contribution in [3.05, 3.63) is 0 Å². The molecule has 0 N–H and O–H groups in total. The normalized spacial score (nSPS) is 49.8. The lowest BCUT2D eigenvalue weighted by Gasteiger charge is -2.35. The number of hydrogen-bond acceptors (Lipinski definition) is 2. The molecular weight excluding hydrogens is 188 g/mol. The minimum Gasteiger partial charge on any atom is -0.353 e. The van der Waals surface area contributed by atoms with E-state index in [1.54, 1.807) is 0 Å². The van der Waals surface area contributed by atoms with Crippen LogP contribution < -0.4 is 0 Å². The van der Waals surface area contributed by atoms with E-state index >= 15 is 0 Å². The van der Waals surface area contributed by atoms with Crippen LogP contribution in [0.5, 0.6) is 0 Å². The summed E-state index contributed by atoms with van der Waals surface area (Å²) in [4.78, 5) is 0. The van der Waals surface area contributed by atoms with Crippen LogP contribution in [-0.4, -0.2) is 19.0 Å². The monoisotopic (exact) mass is 210 g/mol. The van der Waals surface area contributed by atoms with E-state index in [0.717, 1.165) is 18.9 Å². The first-order valence-corrected chi connectivity index (χ1v) is 6.53. The number of fused-ring (bicyclic) bond motifs is 2. The van der Waals surface area contributed by atoms with Gasteiger partial charge in [-0.05, 0) is 56.3 Å². The molecule has 0 aromatic heterocycles. The first kappa shape index (κ1) is 10.1. The molecule has 3 fully saturated rings. The Labute approximate surface area is 92.3 Å². The molecule has 0 spiro atoms. The number of ether oxygens (including phenoxy) is 2. The second-order valence-corrected chi connectivity index (χ2v) is 5.92. The zero-order valence-electron chi connectivity index (χ0n) is 9.71. The van der Waals surface area contributed by atoms with E-state index in [-0.39, 0.29) is 6.29 Å². The summed E-state index contributed by atoms with van der Waals surface area (Å²) in [5.74, 6) is 0.948. The average Bonchev–Trinajstić information content (AvgIpc) is 2.75. The Morgan fingerprint density at radius 3 is 2.80 bits per heavy atom. The van der Waals surface area contributed by atoms with E-state index in [4.69, 9.17) is 9.47 Å². The van der Waals surface area contributed by atoms with Crippen LogP contribution in [0.15, 0.2) is 0 Å². The molecule has 1 heterocycles. The summed E-state index contributed by atoms with van der Waals surface area (Å²) in [5, 5.41) is 0. The Morgan fingerprint density at radius 2 is 2.20 bits per heavy atom. The molecular formula is C13H22O2. The summed E-state index contributed by atoms with van der Waals surface area (Å²) in [7, 11) is 0. The summed E-state index contributed by atoms with van der Waals surface area (Å²) in [6.07, 6.45) is 9.68. The van der Waals surface area contributed by atoms with Gasteiger partial charge < -0.3 is 9.47 Å². The third-order valence-electron chi connectivity index (χ3n) is 4.66. The Kier molecular flexibility index (Phi) is 2.52. The highest BCUT2D eigenvalue weighted by atomic mass is 16.7. The largest absolute Gasteiger partial charge is 0.353 e. The zero-order valence-corrected chi connectivity index (χ0v) is 9.71. The van der Waals surface area contributed by atoms with Crippen LogP contribution in [-0.2, 0) is 9.47 Å². The highest BCUT2D eigenvalue weighted by molar-refractivity contribution is 5.00. The highest BCUT2D eigenvalue weighted by Gasteiger charge is 2.50. The number of rotatable bonds is 2. The van der Waals surface area contributed by atoms with Crippen LogP contribution in [0, 0.1) is 11.3 Å². The van der Waals surface area contributed by atoms with Gasteiger partial charge in [0.1, 0.15) is 0 Å². The first-order valence-electron chi connectivity index (χ1n) is 6.53. The third kappa shape index (κ3) is 1.83. The van der Waals surface area contributed by atoms with Gasteiger partial charge in [-0.2, -0.15) is 0 Å².